The maximum Gasteiger partial charge on any atom is 0.0172 e. The summed E-state index contributed by atoms with van der Waals surface area (Å²) in [6, 6.07) is 0. The topological polar surface area (TPSA) is 0 Å². The monoisotopic (exact) mass is 276 g/mol. The summed E-state index contributed by atoms with van der Waals surface area (Å²) in [5, 5.41) is 0. The maximum atomic E-state index is 5.48. The molecule has 0 radical (unpaired) electrons. The number of allylic oxidation sites excluding steroid dienone is 2. The molecule has 0 aliphatic rings. The molecule has 0 fully saturated rings. The van der Waals surface area contributed by atoms with Crippen LogP contribution in [0.1, 0.15) is 74.1 Å². The smallest absolute Gasteiger partial charge is 0.0172 e. The van der Waals surface area contributed by atoms with Gasteiger partial charge in [-0.05, 0) is 63.2 Å². The third-order valence-corrected chi connectivity index (χ3v) is 4.82. The summed E-state index contributed by atoms with van der Waals surface area (Å²) in [5.41, 5.74) is 1.44. The van der Waals surface area contributed by atoms with Crippen molar-refractivity contribution < 1.29 is 0 Å². The second kappa shape index (κ2) is 10.1. The molecule has 0 aliphatic carbocycles. The highest BCUT2D eigenvalue weighted by molar-refractivity contribution is 4.93. The third-order valence-electron chi connectivity index (χ3n) is 4.82. The Balaban J connectivity index is 4.43. The van der Waals surface area contributed by atoms with Crippen LogP contribution in [0.15, 0.2) is 11.6 Å². The molecule has 116 valence electrons. The lowest BCUT2D eigenvalue weighted by atomic mass is 9.73. The van der Waals surface area contributed by atoms with Gasteiger partial charge in [0.1, 0.15) is 0 Å². The first-order chi connectivity index (χ1) is 9.29. The lowest BCUT2D eigenvalue weighted by molar-refractivity contribution is 0.182. The van der Waals surface area contributed by atoms with Gasteiger partial charge in [0.2, 0.25) is 0 Å². The minimum Gasteiger partial charge on any atom is -0.120 e. The molecule has 0 bridgehead atoms. The van der Waals surface area contributed by atoms with Crippen molar-refractivity contribution in [1.29, 1.82) is 0 Å². The average Bonchev–Trinajstić information content (AvgIpc) is 2.38. The predicted molar refractivity (Wildman–Crippen MR) is 92.6 cm³/mol. The van der Waals surface area contributed by atoms with E-state index in [1.54, 1.807) is 0 Å². The molecule has 0 heteroatoms. The SMILES string of the molecule is C#CC(C)CCC(C)C(C)C(CCC=C(C)C)C(C)C. The number of rotatable bonds is 9. The van der Waals surface area contributed by atoms with Crippen LogP contribution in [0.5, 0.6) is 0 Å². The summed E-state index contributed by atoms with van der Waals surface area (Å²) in [6.45, 7) is 16.1. The largest absolute Gasteiger partial charge is 0.120 e. The summed E-state index contributed by atoms with van der Waals surface area (Å²) in [6.07, 6.45) is 12.8. The van der Waals surface area contributed by atoms with Gasteiger partial charge in [-0.3, -0.25) is 0 Å². The molecule has 4 unspecified atom stereocenters. The van der Waals surface area contributed by atoms with Gasteiger partial charge in [-0.1, -0.05) is 46.3 Å². The molecule has 0 rings (SSSR count). The van der Waals surface area contributed by atoms with Crippen molar-refractivity contribution in [2.75, 3.05) is 0 Å². The van der Waals surface area contributed by atoms with Crippen molar-refractivity contribution >= 4 is 0 Å². The number of hydrogen-bond donors (Lipinski definition) is 0. The Morgan fingerprint density at radius 1 is 1.00 bits per heavy atom. The Kier molecular flexibility index (Phi) is 9.74. The van der Waals surface area contributed by atoms with Crippen LogP contribution in [0, 0.1) is 41.9 Å². The van der Waals surface area contributed by atoms with Crippen LogP contribution < -0.4 is 0 Å². The van der Waals surface area contributed by atoms with E-state index >= 15 is 0 Å². The van der Waals surface area contributed by atoms with Crippen LogP contribution in [-0.4, -0.2) is 0 Å². The summed E-state index contributed by atoms with van der Waals surface area (Å²) in [4.78, 5) is 0. The minimum absolute atomic E-state index is 0.424. The zero-order chi connectivity index (χ0) is 15.7. The van der Waals surface area contributed by atoms with E-state index < -0.39 is 0 Å². The minimum atomic E-state index is 0.424. The van der Waals surface area contributed by atoms with Gasteiger partial charge in [-0.2, -0.15) is 0 Å². The van der Waals surface area contributed by atoms with E-state index in [9.17, 15) is 0 Å². The Morgan fingerprint density at radius 3 is 2.05 bits per heavy atom. The molecule has 0 N–H and O–H groups in total. The normalized spacial score (nSPS) is 17.1. The Labute approximate surface area is 128 Å². The van der Waals surface area contributed by atoms with Crippen molar-refractivity contribution in [3.63, 3.8) is 0 Å². The van der Waals surface area contributed by atoms with Crippen LogP contribution in [-0.2, 0) is 0 Å². The van der Waals surface area contributed by atoms with Gasteiger partial charge in [-0.15, -0.1) is 12.3 Å². The van der Waals surface area contributed by atoms with Crippen molar-refractivity contribution in [2.45, 2.75) is 74.1 Å². The predicted octanol–water partition coefficient (Wildman–Crippen LogP) is 6.33. The van der Waals surface area contributed by atoms with E-state index in [2.05, 4.69) is 60.5 Å². The van der Waals surface area contributed by atoms with Crippen LogP contribution in [0.4, 0.5) is 0 Å². The molecule has 0 aromatic heterocycles. The van der Waals surface area contributed by atoms with E-state index in [-0.39, 0.29) is 0 Å². The van der Waals surface area contributed by atoms with E-state index in [0.717, 1.165) is 23.7 Å². The maximum absolute atomic E-state index is 5.48. The lowest BCUT2D eigenvalue weighted by Crippen LogP contribution is -2.24. The lowest BCUT2D eigenvalue weighted by Gasteiger charge is -2.32. The van der Waals surface area contributed by atoms with Crippen molar-refractivity contribution in [2.24, 2.45) is 29.6 Å². The molecule has 0 amide bonds. The molecule has 0 aliphatic heterocycles. The van der Waals surface area contributed by atoms with Crippen LogP contribution in [0.2, 0.25) is 0 Å². The van der Waals surface area contributed by atoms with E-state index in [1.807, 2.05) is 0 Å². The third kappa shape index (κ3) is 7.78. The van der Waals surface area contributed by atoms with E-state index in [4.69, 9.17) is 6.42 Å². The Hall–Kier alpha value is -0.700. The average molecular weight is 277 g/mol. The van der Waals surface area contributed by atoms with Crippen LogP contribution in [0.3, 0.4) is 0 Å². The molecular formula is C20H36. The van der Waals surface area contributed by atoms with Gasteiger partial charge >= 0.3 is 0 Å². The van der Waals surface area contributed by atoms with Gasteiger partial charge in [0.05, 0.1) is 0 Å². The van der Waals surface area contributed by atoms with Crippen molar-refractivity contribution in [3.05, 3.63) is 11.6 Å². The molecule has 0 saturated heterocycles. The van der Waals surface area contributed by atoms with Gasteiger partial charge < -0.3 is 0 Å². The van der Waals surface area contributed by atoms with Crippen LogP contribution >= 0.6 is 0 Å². The molecule has 0 aromatic carbocycles. The fraction of sp³-hybridized carbons (Fsp3) is 0.800. The van der Waals surface area contributed by atoms with Crippen LogP contribution in [0.25, 0.3) is 0 Å². The molecule has 4 atom stereocenters. The summed E-state index contributed by atoms with van der Waals surface area (Å²) < 4.78 is 0. The molecule has 0 heterocycles. The number of terminal acetylenes is 1. The first-order valence-corrected chi connectivity index (χ1v) is 8.39. The molecular weight excluding hydrogens is 240 g/mol. The second-order valence-corrected chi connectivity index (χ2v) is 7.25. The Morgan fingerprint density at radius 2 is 1.60 bits per heavy atom. The highest BCUT2D eigenvalue weighted by Crippen LogP contribution is 2.33. The van der Waals surface area contributed by atoms with Crippen molar-refractivity contribution in [3.8, 4) is 12.3 Å². The fourth-order valence-corrected chi connectivity index (χ4v) is 3.05. The molecule has 0 spiro atoms. The second-order valence-electron chi connectivity index (χ2n) is 7.25. The summed E-state index contributed by atoms with van der Waals surface area (Å²) in [7, 11) is 0. The first kappa shape index (κ1) is 19.3. The molecule has 20 heavy (non-hydrogen) atoms. The van der Waals surface area contributed by atoms with Gasteiger partial charge in [0.15, 0.2) is 0 Å². The standard InChI is InChI=1S/C20H36/c1-9-17(6)13-14-18(7)19(8)20(16(4)5)12-10-11-15(2)3/h1,11,16-20H,10,12-14H2,2-8H3. The summed E-state index contributed by atoms with van der Waals surface area (Å²) >= 11 is 0. The highest BCUT2D eigenvalue weighted by atomic mass is 14.3. The van der Waals surface area contributed by atoms with Gasteiger partial charge in [0.25, 0.3) is 0 Å². The molecule has 0 nitrogen and oxygen atoms in total. The number of hydrogen-bond acceptors (Lipinski definition) is 0. The van der Waals surface area contributed by atoms with Gasteiger partial charge in [-0.25, -0.2) is 0 Å². The first-order valence-electron chi connectivity index (χ1n) is 8.39. The summed E-state index contributed by atoms with van der Waals surface area (Å²) in [5.74, 6) is 6.41. The fourth-order valence-electron chi connectivity index (χ4n) is 3.05. The molecule has 0 aromatic rings. The quantitative estimate of drug-likeness (QED) is 0.341. The zero-order valence-corrected chi connectivity index (χ0v) is 14.9. The molecule has 0 saturated carbocycles. The van der Waals surface area contributed by atoms with Gasteiger partial charge in [0, 0.05) is 5.92 Å². The van der Waals surface area contributed by atoms with E-state index in [0.29, 0.717) is 5.92 Å². The zero-order valence-electron chi connectivity index (χ0n) is 14.9. The highest BCUT2D eigenvalue weighted by Gasteiger charge is 2.24. The van der Waals surface area contributed by atoms with Crippen molar-refractivity contribution in [1.82, 2.24) is 0 Å². The Bertz CT molecular complexity index is 311. The van der Waals surface area contributed by atoms with E-state index in [1.165, 1.54) is 31.3 Å².